The summed E-state index contributed by atoms with van der Waals surface area (Å²) >= 11 is 0. The molecule has 1 saturated heterocycles. The first-order valence-corrected chi connectivity index (χ1v) is 6.81. The van der Waals surface area contributed by atoms with Crippen LogP contribution in [0.25, 0.3) is 0 Å². The van der Waals surface area contributed by atoms with Gasteiger partial charge in [0.05, 0.1) is 13.0 Å². The van der Waals surface area contributed by atoms with Gasteiger partial charge < -0.3 is 15.0 Å². The summed E-state index contributed by atoms with van der Waals surface area (Å²) in [6.07, 6.45) is 0.487. The smallest absolute Gasteiger partial charge is 0.227 e. The minimum absolute atomic E-state index is 0.205. The first-order chi connectivity index (χ1) is 9.29. The van der Waals surface area contributed by atoms with Crippen molar-refractivity contribution in [3.8, 4) is 0 Å². The second-order valence-electron chi connectivity index (χ2n) is 5.03. The average Bonchev–Trinajstić information content (AvgIpc) is 2.66. The summed E-state index contributed by atoms with van der Waals surface area (Å²) in [6, 6.07) is 9.92. The van der Waals surface area contributed by atoms with Crippen LogP contribution in [0, 0.1) is 5.92 Å². The van der Waals surface area contributed by atoms with E-state index in [1.807, 2.05) is 35.2 Å². The lowest BCUT2D eigenvalue weighted by Crippen LogP contribution is -2.37. The second kappa shape index (κ2) is 7.26. The zero-order valence-electron chi connectivity index (χ0n) is 11.5. The molecule has 1 N–H and O–H groups in total. The Morgan fingerprint density at radius 3 is 2.95 bits per heavy atom. The summed E-state index contributed by atoms with van der Waals surface area (Å²) in [6.45, 7) is 4.05. The number of benzene rings is 1. The van der Waals surface area contributed by atoms with Gasteiger partial charge in [-0.3, -0.25) is 4.79 Å². The summed E-state index contributed by atoms with van der Waals surface area (Å²) in [7, 11) is 1.71. The Morgan fingerprint density at radius 2 is 2.21 bits per heavy atom. The van der Waals surface area contributed by atoms with E-state index in [9.17, 15) is 4.79 Å². The van der Waals surface area contributed by atoms with E-state index in [4.69, 9.17) is 4.74 Å². The number of rotatable bonds is 4. The van der Waals surface area contributed by atoms with Gasteiger partial charge in [-0.05, 0) is 5.56 Å². The summed E-state index contributed by atoms with van der Waals surface area (Å²) in [4.78, 5) is 14.3. The molecule has 1 aromatic carbocycles. The number of hydrogen-bond donors (Lipinski definition) is 1. The van der Waals surface area contributed by atoms with Gasteiger partial charge in [-0.2, -0.15) is 0 Å². The molecule has 1 amide bonds. The predicted molar refractivity (Wildman–Crippen MR) is 75.0 cm³/mol. The number of carbonyl (C=O) groups excluding carboxylic acids is 1. The summed E-state index contributed by atoms with van der Waals surface area (Å²) < 4.78 is 5.21. The predicted octanol–water partition coefficient (Wildman–Crippen LogP) is 0.923. The number of amides is 1. The lowest BCUT2D eigenvalue weighted by Gasteiger charge is -2.23. The van der Waals surface area contributed by atoms with E-state index in [1.54, 1.807) is 7.11 Å². The highest BCUT2D eigenvalue weighted by molar-refractivity contribution is 5.78. The molecule has 1 aliphatic heterocycles. The van der Waals surface area contributed by atoms with Gasteiger partial charge in [0.25, 0.3) is 0 Å². The van der Waals surface area contributed by atoms with Gasteiger partial charge in [0.15, 0.2) is 0 Å². The topological polar surface area (TPSA) is 41.6 Å². The van der Waals surface area contributed by atoms with Crippen LogP contribution in [-0.4, -0.2) is 50.7 Å². The van der Waals surface area contributed by atoms with Crippen LogP contribution in [-0.2, 0) is 16.0 Å². The number of nitrogens with zero attached hydrogens (tertiary/aromatic N) is 1. The fraction of sp³-hybridized carbons (Fsp3) is 0.533. The minimum Gasteiger partial charge on any atom is -0.384 e. The van der Waals surface area contributed by atoms with E-state index in [0.29, 0.717) is 18.9 Å². The lowest BCUT2D eigenvalue weighted by atomic mass is 10.1. The summed E-state index contributed by atoms with van der Waals surface area (Å²) in [5, 5.41) is 3.36. The van der Waals surface area contributed by atoms with Crippen molar-refractivity contribution in [2.45, 2.75) is 6.42 Å². The number of carbonyl (C=O) groups is 1. The molecular formula is C15H22N2O2. The van der Waals surface area contributed by atoms with Crippen molar-refractivity contribution < 1.29 is 9.53 Å². The Morgan fingerprint density at radius 1 is 1.42 bits per heavy atom. The highest BCUT2D eigenvalue weighted by Crippen LogP contribution is 2.08. The number of methoxy groups -OCH3 is 1. The van der Waals surface area contributed by atoms with Gasteiger partial charge in [0, 0.05) is 39.2 Å². The van der Waals surface area contributed by atoms with Crippen molar-refractivity contribution >= 4 is 5.91 Å². The molecule has 0 radical (unpaired) electrons. The molecule has 4 nitrogen and oxygen atoms in total. The monoisotopic (exact) mass is 262 g/mol. The molecule has 2 rings (SSSR count). The van der Waals surface area contributed by atoms with Crippen LogP contribution in [0.5, 0.6) is 0 Å². The van der Waals surface area contributed by atoms with Crippen molar-refractivity contribution in [3.63, 3.8) is 0 Å². The number of hydrogen-bond acceptors (Lipinski definition) is 3. The van der Waals surface area contributed by atoms with Crippen LogP contribution in [0.15, 0.2) is 30.3 Å². The Bertz CT molecular complexity index is 394. The van der Waals surface area contributed by atoms with E-state index in [0.717, 1.165) is 31.7 Å². The van der Waals surface area contributed by atoms with Crippen LogP contribution in [0.2, 0.25) is 0 Å². The summed E-state index contributed by atoms with van der Waals surface area (Å²) in [5.74, 6) is 0.586. The highest BCUT2D eigenvalue weighted by atomic mass is 16.5. The first-order valence-electron chi connectivity index (χ1n) is 6.81. The normalized spacial score (nSPS) is 20.1. The summed E-state index contributed by atoms with van der Waals surface area (Å²) in [5.41, 5.74) is 1.08. The molecule has 0 unspecified atom stereocenters. The molecule has 0 spiro atoms. The SMILES string of the molecule is COC[C@@H]1CNCCN(C(=O)Cc2ccccc2)C1. The zero-order valence-corrected chi connectivity index (χ0v) is 11.5. The number of nitrogens with one attached hydrogen (secondary N) is 1. The maximum Gasteiger partial charge on any atom is 0.227 e. The zero-order chi connectivity index (χ0) is 13.5. The Hall–Kier alpha value is -1.39. The molecule has 104 valence electrons. The lowest BCUT2D eigenvalue weighted by molar-refractivity contribution is -0.130. The standard InChI is InChI=1S/C15H22N2O2/c1-19-12-14-10-16-7-8-17(11-14)15(18)9-13-5-3-2-4-6-13/h2-6,14,16H,7-12H2,1H3/t14-/m1/s1. The van der Waals surface area contributed by atoms with Crippen LogP contribution >= 0.6 is 0 Å². The average molecular weight is 262 g/mol. The van der Waals surface area contributed by atoms with Crippen LogP contribution in [0.1, 0.15) is 5.56 Å². The fourth-order valence-corrected chi connectivity index (χ4v) is 2.44. The minimum atomic E-state index is 0.205. The van der Waals surface area contributed by atoms with Gasteiger partial charge >= 0.3 is 0 Å². The van der Waals surface area contributed by atoms with Gasteiger partial charge in [0.1, 0.15) is 0 Å². The number of ether oxygens (including phenoxy) is 1. The largest absolute Gasteiger partial charge is 0.384 e. The van der Waals surface area contributed by atoms with Crippen molar-refractivity contribution in [3.05, 3.63) is 35.9 Å². The quantitative estimate of drug-likeness (QED) is 0.877. The molecule has 1 atom stereocenters. The fourth-order valence-electron chi connectivity index (χ4n) is 2.44. The molecule has 0 aliphatic carbocycles. The third-order valence-corrected chi connectivity index (χ3v) is 3.42. The maximum atomic E-state index is 12.3. The molecule has 0 bridgehead atoms. The van der Waals surface area contributed by atoms with E-state index in [1.165, 1.54) is 0 Å². The molecule has 4 heteroatoms. The van der Waals surface area contributed by atoms with Crippen LogP contribution < -0.4 is 5.32 Å². The molecule has 1 aliphatic rings. The Labute approximate surface area is 114 Å². The maximum absolute atomic E-state index is 12.3. The van der Waals surface area contributed by atoms with E-state index in [2.05, 4.69) is 5.32 Å². The second-order valence-corrected chi connectivity index (χ2v) is 5.03. The van der Waals surface area contributed by atoms with Gasteiger partial charge in [-0.1, -0.05) is 30.3 Å². The molecule has 0 saturated carbocycles. The molecule has 1 aromatic rings. The van der Waals surface area contributed by atoms with Gasteiger partial charge in [-0.15, -0.1) is 0 Å². The van der Waals surface area contributed by atoms with Crippen LogP contribution in [0.3, 0.4) is 0 Å². The third-order valence-electron chi connectivity index (χ3n) is 3.42. The first kappa shape index (κ1) is 14.0. The molecule has 19 heavy (non-hydrogen) atoms. The van der Waals surface area contributed by atoms with Gasteiger partial charge in [-0.25, -0.2) is 0 Å². The van der Waals surface area contributed by atoms with Crippen molar-refractivity contribution in [1.29, 1.82) is 0 Å². The van der Waals surface area contributed by atoms with Crippen molar-refractivity contribution in [1.82, 2.24) is 10.2 Å². The molecule has 0 aromatic heterocycles. The van der Waals surface area contributed by atoms with E-state index >= 15 is 0 Å². The Balaban J connectivity index is 1.93. The highest BCUT2D eigenvalue weighted by Gasteiger charge is 2.21. The molecular weight excluding hydrogens is 240 g/mol. The van der Waals surface area contributed by atoms with Crippen LogP contribution in [0.4, 0.5) is 0 Å². The Kier molecular flexibility index (Phi) is 5.36. The van der Waals surface area contributed by atoms with Crippen molar-refractivity contribution in [2.75, 3.05) is 39.9 Å². The van der Waals surface area contributed by atoms with E-state index < -0.39 is 0 Å². The van der Waals surface area contributed by atoms with Gasteiger partial charge in [0.2, 0.25) is 5.91 Å². The molecule has 1 fully saturated rings. The molecule has 1 heterocycles. The van der Waals surface area contributed by atoms with E-state index in [-0.39, 0.29) is 5.91 Å². The van der Waals surface area contributed by atoms with Crippen molar-refractivity contribution in [2.24, 2.45) is 5.92 Å². The third kappa shape index (κ3) is 4.33.